The Morgan fingerprint density at radius 2 is 2.21 bits per heavy atom. The van der Waals surface area contributed by atoms with Crippen LogP contribution in [0, 0.1) is 16.0 Å². The lowest BCUT2D eigenvalue weighted by Crippen LogP contribution is -1.97. The largest absolute Gasteiger partial charge is 0.501 e. The molecule has 1 aromatic rings. The molecule has 1 aliphatic rings. The average molecular weight is 303 g/mol. The van der Waals surface area contributed by atoms with Crippen LogP contribution in [0.2, 0.25) is 0 Å². The number of hydrogen-bond donors (Lipinski definition) is 0. The first-order valence-corrected chi connectivity index (χ1v) is 5.32. The second-order valence-electron chi connectivity index (χ2n) is 3.14. The minimum absolute atomic E-state index is 0.233. The molecule has 0 amide bonds. The summed E-state index contributed by atoms with van der Waals surface area (Å²) in [6.07, 6.45) is 2.30. The molecule has 2 nitrogen and oxygen atoms in total. The number of rotatable bonds is 2. The van der Waals surface area contributed by atoms with Crippen molar-refractivity contribution in [3.8, 4) is 5.75 Å². The van der Waals surface area contributed by atoms with Crippen LogP contribution in [0.5, 0.6) is 5.75 Å². The van der Waals surface area contributed by atoms with Gasteiger partial charge in [-0.05, 0) is 25.0 Å². The Morgan fingerprint density at radius 3 is 2.79 bits per heavy atom. The zero-order valence-electron chi connectivity index (χ0n) is 7.26. The lowest BCUT2D eigenvalue weighted by Gasteiger charge is -2.07. The summed E-state index contributed by atoms with van der Waals surface area (Å²) in [5.41, 5.74) is 0.289. The summed E-state index contributed by atoms with van der Waals surface area (Å²) >= 11 is 1.83. The second-order valence-corrected chi connectivity index (χ2v) is 4.22. The van der Waals surface area contributed by atoms with E-state index in [2.05, 4.69) is 4.85 Å². The molecule has 0 saturated heterocycles. The van der Waals surface area contributed by atoms with Gasteiger partial charge in [-0.3, -0.25) is 0 Å². The van der Waals surface area contributed by atoms with E-state index in [0.29, 0.717) is 9.32 Å². The van der Waals surface area contributed by atoms with Crippen LogP contribution >= 0.6 is 22.6 Å². The zero-order valence-corrected chi connectivity index (χ0v) is 9.42. The van der Waals surface area contributed by atoms with Crippen molar-refractivity contribution in [1.29, 1.82) is 0 Å². The van der Waals surface area contributed by atoms with Gasteiger partial charge in [-0.15, -0.1) is 0 Å². The van der Waals surface area contributed by atoms with Gasteiger partial charge < -0.3 is 4.74 Å². The smallest absolute Gasteiger partial charge is 0.244 e. The number of hydrogen-bond acceptors (Lipinski definition) is 1. The summed E-state index contributed by atoms with van der Waals surface area (Å²) in [7, 11) is 0. The molecule has 0 aliphatic heterocycles. The third kappa shape index (κ3) is 1.82. The third-order valence-electron chi connectivity index (χ3n) is 1.96. The third-order valence-corrected chi connectivity index (χ3v) is 2.99. The Bertz CT molecular complexity index is 409. The van der Waals surface area contributed by atoms with Crippen molar-refractivity contribution in [3.63, 3.8) is 0 Å². The Hall–Kier alpha value is -0.830. The zero-order chi connectivity index (χ0) is 10.1. The summed E-state index contributed by atoms with van der Waals surface area (Å²) in [5, 5.41) is 0. The highest BCUT2D eigenvalue weighted by molar-refractivity contribution is 14.1. The SMILES string of the molecule is [C-]#[N+]c1c(OC2CC2)ccc(F)c1I. The lowest BCUT2D eigenvalue weighted by molar-refractivity contribution is 0.304. The predicted octanol–water partition coefficient (Wildman–Crippen LogP) is 3.52. The van der Waals surface area contributed by atoms with E-state index in [1.807, 2.05) is 22.6 Å². The number of benzene rings is 1. The van der Waals surface area contributed by atoms with Gasteiger partial charge in [0, 0.05) is 0 Å². The standard InChI is InChI=1S/C10H7FINO/c1-13-10-8(14-6-2-3-6)5-4-7(11)9(10)12/h4-6H,2-3H2. The molecule has 4 heteroatoms. The monoisotopic (exact) mass is 303 g/mol. The van der Waals surface area contributed by atoms with Gasteiger partial charge in [-0.25, -0.2) is 9.24 Å². The summed E-state index contributed by atoms with van der Waals surface area (Å²) in [4.78, 5) is 3.29. The van der Waals surface area contributed by atoms with E-state index in [9.17, 15) is 4.39 Å². The maximum absolute atomic E-state index is 13.1. The second kappa shape index (κ2) is 3.73. The average Bonchev–Trinajstić information content (AvgIpc) is 2.96. The quantitative estimate of drug-likeness (QED) is 0.602. The highest BCUT2D eigenvalue weighted by atomic mass is 127. The molecule has 14 heavy (non-hydrogen) atoms. The lowest BCUT2D eigenvalue weighted by atomic mass is 10.3. The van der Waals surface area contributed by atoms with Crippen LogP contribution in [0.3, 0.4) is 0 Å². The fourth-order valence-corrected chi connectivity index (χ4v) is 1.65. The fourth-order valence-electron chi connectivity index (χ4n) is 1.09. The van der Waals surface area contributed by atoms with Gasteiger partial charge >= 0.3 is 0 Å². The van der Waals surface area contributed by atoms with E-state index in [1.165, 1.54) is 12.1 Å². The Balaban J connectivity index is 2.38. The van der Waals surface area contributed by atoms with Crippen LogP contribution in [0.15, 0.2) is 12.1 Å². The molecular formula is C10H7FINO. The van der Waals surface area contributed by atoms with Gasteiger partial charge in [0.1, 0.15) is 11.6 Å². The predicted molar refractivity (Wildman–Crippen MR) is 59.0 cm³/mol. The molecule has 0 unspecified atom stereocenters. The Labute approximate surface area is 95.0 Å². The molecule has 1 fully saturated rings. The van der Waals surface area contributed by atoms with Crippen LogP contribution < -0.4 is 4.74 Å². The molecule has 0 radical (unpaired) electrons. The minimum Gasteiger partial charge on any atom is -0.501 e. The first-order valence-electron chi connectivity index (χ1n) is 4.24. The van der Waals surface area contributed by atoms with E-state index in [-0.39, 0.29) is 17.6 Å². The first kappa shape index (κ1) is 9.71. The number of nitrogens with zero attached hydrogens (tertiary/aromatic N) is 1. The molecule has 0 atom stereocenters. The summed E-state index contributed by atoms with van der Waals surface area (Å²) < 4.78 is 18.9. The van der Waals surface area contributed by atoms with Gasteiger partial charge in [0.15, 0.2) is 0 Å². The van der Waals surface area contributed by atoms with Crippen LogP contribution in [-0.2, 0) is 0 Å². The first-order chi connectivity index (χ1) is 6.72. The van der Waals surface area contributed by atoms with Gasteiger partial charge in [0.05, 0.1) is 16.2 Å². The van der Waals surface area contributed by atoms with E-state index in [0.717, 1.165) is 12.8 Å². The van der Waals surface area contributed by atoms with Crippen molar-refractivity contribution in [2.75, 3.05) is 0 Å². The maximum Gasteiger partial charge on any atom is 0.244 e. The van der Waals surface area contributed by atoms with Crippen molar-refractivity contribution in [3.05, 3.63) is 32.9 Å². The van der Waals surface area contributed by atoms with Crippen LogP contribution in [0.25, 0.3) is 4.85 Å². The summed E-state index contributed by atoms with van der Waals surface area (Å²) in [5.74, 6) is 0.146. The number of ether oxygens (including phenoxy) is 1. The topological polar surface area (TPSA) is 13.6 Å². The minimum atomic E-state index is -0.361. The number of halogens is 2. The Morgan fingerprint density at radius 1 is 1.50 bits per heavy atom. The molecule has 72 valence electrons. The van der Waals surface area contributed by atoms with Crippen molar-refractivity contribution in [1.82, 2.24) is 0 Å². The van der Waals surface area contributed by atoms with E-state index < -0.39 is 0 Å². The van der Waals surface area contributed by atoms with E-state index in [1.54, 1.807) is 0 Å². The van der Waals surface area contributed by atoms with Gasteiger partial charge in [-0.1, -0.05) is 22.6 Å². The maximum atomic E-state index is 13.1. The normalized spacial score (nSPS) is 14.9. The van der Waals surface area contributed by atoms with Gasteiger partial charge in [-0.2, -0.15) is 0 Å². The molecule has 0 spiro atoms. The van der Waals surface area contributed by atoms with Crippen molar-refractivity contribution < 1.29 is 9.13 Å². The van der Waals surface area contributed by atoms with Crippen LogP contribution in [-0.4, -0.2) is 6.10 Å². The Kier molecular flexibility index (Phi) is 2.59. The molecule has 0 bridgehead atoms. The highest BCUT2D eigenvalue weighted by Gasteiger charge is 2.25. The fraction of sp³-hybridized carbons (Fsp3) is 0.300. The molecule has 0 aromatic heterocycles. The summed E-state index contributed by atoms with van der Waals surface area (Å²) in [6.45, 7) is 6.96. The molecular weight excluding hydrogens is 296 g/mol. The van der Waals surface area contributed by atoms with Crippen LogP contribution in [0.4, 0.5) is 10.1 Å². The molecule has 0 heterocycles. The summed E-state index contributed by atoms with van der Waals surface area (Å²) in [6, 6.07) is 2.87. The molecule has 0 N–H and O–H groups in total. The van der Waals surface area contributed by atoms with Crippen LogP contribution in [0.1, 0.15) is 12.8 Å². The molecule has 1 aliphatic carbocycles. The molecule has 1 saturated carbocycles. The van der Waals surface area contributed by atoms with Crippen molar-refractivity contribution >= 4 is 28.3 Å². The van der Waals surface area contributed by atoms with Gasteiger partial charge in [0.2, 0.25) is 5.69 Å². The van der Waals surface area contributed by atoms with E-state index in [4.69, 9.17) is 11.3 Å². The van der Waals surface area contributed by atoms with Gasteiger partial charge in [0.25, 0.3) is 0 Å². The van der Waals surface area contributed by atoms with E-state index >= 15 is 0 Å². The molecule has 2 rings (SSSR count). The van der Waals surface area contributed by atoms with Crippen molar-refractivity contribution in [2.45, 2.75) is 18.9 Å². The highest BCUT2D eigenvalue weighted by Crippen LogP contribution is 2.37. The van der Waals surface area contributed by atoms with Crippen molar-refractivity contribution in [2.24, 2.45) is 0 Å². The molecule has 1 aromatic carbocycles.